The topological polar surface area (TPSA) is 52.5 Å². The molecule has 3 nitrogen and oxygen atoms in total. The van der Waals surface area contributed by atoms with Gasteiger partial charge in [-0.3, -0.25) is 0 Å². The van der Waals surface area contributed by atoms with Crippen LogP contribution < -0.4 is 5.32 Å². The van der Waals surface area contributed by atoms with E-state index in [1.807, 2.05) is 32.2 Å². The van der Waals surface area contributed by atoms with Gasteiger partial charge in [-0.25, -0.2) is 0 Å². The highest BCUT2D eigenvalue weighted by molar-refractivity contribution is 7.99. The van der Waals surface area contributed by atoms with Crippen molar-refractivity contribution in [2.45, 2.75) is 38.6 Å². The van der Waals surface area contributed by atoms with Crippen LogP contribution in [0.25, 0.3) is 0 Å². The molecule has 1 rings (SSSR count). The Morgan fingerprint density at radius 1 is 1.28 bits per heavy atom. The third kappa shape index (κ3) is 3.90. The van der Waals surface area contributed by atoms with Crippen LogP contribution in [-0.4, -0.2) is 34.4 Å². The fourth-order valence-electron chi connectivity index (χ4n) is 1.99. The smallest absolute Gasteiger partial charge is 0.121 e. The zero-order chi connectivity index (χ0) is 13.7. The van der Waals surface area contributed by atoms with Gasteiger partial charge < -0.3 is 15.5 Å². The van der Waals surface area contributed by atoms with Gasteiger partial charge in [-0.2, -0.15) is 11.8 Å². The lowest BCUT2D eigenvalue weighted by Crippen LogP contribution is -2.37. The number of phenolic OH excluding ortho intramolecular Hbond substituents is 1. The van der Waals surface area contributed by atoms with E-state index in [9.17, 15) is 10.2 Å². The van der Waals surface area contributed by atoms with Crippen LogP contribution in [0, 0.1) is 13.8 Å². The van der Waals surface area contributed by atoms with Crippen molar-refractivity contribution >= 4 is 11.8 Å². The molecule has 0 aliphatic carbocycles. The molecule has 0 spiro atoms. The maximum absolute atomic E-state index is 9.72. The Balaban J connectivity index is 2.64. The van der Waals surface area contributed by atoms with E-state index in [2.05, 4.69) is 12.2 Å². The molecule has 0 saturated carbocycles. The molecule has 0 saturated heterocycles. The Morgan fingerprint density at radius 2 is 1.83 bits per heavy atom. The number of rotatable bonds is 6. The SMILES string of the molecule is CSC(CO)C(C)NCc1cc(C)c(O)c(C)c1. The Labute approximate surface area is 114 Å². The molecule has 0 fully saturated rings. The average Bonchev–Trinajstić information content (AvgIpc) is 2.34. The quantitative estimate of drug-likeness (QED) is 0.741. The fourth-order valence-corrected chi connectivity index (χ4v) is 2.65. The summed E-state index contributed by atoms with van der Waals surface area (Å²) in [6.07, 6.45) is 2.01. The lowest BCUT2D eigenvalue weighted by atomic mass is 10.1. The molecule has 102 valence electrons. The number of hydrogen-bond donors (Lipinski definition) is 3. The van der Waals surface area contributed by atoms with E-state index in [1.54, 1.807) is 11.8 Å². The highest BCUT2D eigenvalue weighted by Gasteiger charge is 2.14. The van der Waals surface area contributed by atoms with Gasteiger partial charge in [0.1, 0.15) is 5.75 Å². The molecule has 3 N–H and O–H groups in total. The second kappa shape index (κ2) is 7.02. The number of hydrogen-bond acceptors (Lipinski definition) is 4. The molecular weight excluding hydrogens is 246 g/mol. The molecule has 0 aromatic heterocycles. The van der Waals surface area contributed by atoms with Crippen molar-refractivity contribution in [2.75, 3.05) is 12.9 Å². The van der Waals surface area contributed by atoms with Crippen LogP contribution >= 0.6 is 11.8 Å². The van der Waals surface area contributed by atoms with Crippen LogP contribution in [0.4, 0.5) is 0 Å². The third-order valence-corrected chi connectivity index (χ3v) is 4.38. The highest BCUT2D eigenvalue weighted by Crippen LogP contribution is 2.23. The maximum Gasteiger partial charge on any atom is 0.121 e. The summed E-state index contributed by atoms with van der Waals surface area (Å²) in [4.78, 5) is 0. The predicted molar refractivity (Wildman–Crippen MR) is 78.3 cm³/mol. The zero-order valence-corrected chi connectivity index (χ0v) is 12.3. The second-order valence-corrected chi connectivity index (χ2v) is 5.78. The van der Waals surface area contributed by atoms with Gasteiger partial charge in [0.25, 0.3) is 0 Å². The lowest BCUT2D eigenvalue weighted by Gasteiger charge is -2.21. The molecule has 0 aliphatic heterocycles. The number of aromatic hydroxyl groups is 1. The van der Waals surface area contributed by atoms with Crippen molar-refractivity contribution in [1.29, 1.82) is 0 Å². The minimum absolute atomic E-state index is 0.183. The lowest BCUT2D eigenvalue weighted by molar-refractivity contribution is 0.276. The molecule has 0 aliphatic rings. The standard InChI is InChI=1S/C14H23NO2S/c1-9-5-12(6-10(2)14(9)17)7-15-11(3)13(8-16)18-4/h5-6,11,13,15-17H,7-8H2,1-4H3. The van der Waals surface area contributed by atoms with Crippen molar-refractivity contribution in [3.8, 4) is 5.75 Å². The summed E-state index contributed by atoms with van der Waals surface area (Å²) in [5.74, 6) is 0.379. The van der Waals surface area contributed by atoms with Crippen molar-refractivity contribution < 1.29 is 10.2 Å². The fraction of sp³-hybridized carbons (Fsp3) is 0.571. The minimum atomic E-state index is 0.183. The number of thioether (sulfide) groups is 1. The van der Waals surface area contributed by atoms with E-state index in [0.717, 1.165) is 23.2 Å². The van der Waals surface area contributed by atoms with Crippen molar-refractivity contribution in [3.63, 3.8) is 0 Å². The first-order chi connectivity index (χ1) is 8.49. The first-order valence-corrected chi connectivity index (χ1v) is 7.44. The third-order valence-electron chi connectivity index (χ3n) is 3.22. The van der Waals surface area contributed by atoms with Crippen LogP contribution in [0.2, 0.25) is 0 Å². The van der Waals surface area contributed by atoms with E-state index < -0.39 is 0 Å². The first-order valence-electron chi connectivity index (χ1n) is 6.15. The van der Waals surface area contributed by atoms with Gasteiger partial charge in [0.15, 0.2) is 0 Å². The molecule has 4 heteroatoms. The van der Waals surface area contributed by atoms with E-state index >= 15 is 0 Å². The number of aliphatic hydroxyl groups is 1. The largest absolute Gasteiger partial charge is 0.507 e. The van der Waals surface area contributed by atoms with Gasteiger partial charge in [0, 0.05) is 17.8 Å². The summed E-state index contributed by atoms with van der Waals surface area (Å²) in [6, 6.07) is 4.24. The van der Waals surface area contributed by atoms with Crippen LogP contribution in [0.3, 0.4) is 0 Å². The summed E-state index contributed by atoms with van der Waals surface area (Å²) < 4.78 is 0. The van der Waals surface area contributed by atoms with Crippen LogP contribution in [0.15, 0.2) is 12.1 Å². The Morgan fingerprint density at radius 3 is 2.28 bits per heavy atom. The van der Waals surface area contributed by atoms with E-state index in [4.69, 9.17) is 0 Å². The number of phenols is 1. The molecule has 0 amide bonds. The van der Waals surface area contributed by atoms with Gasteiger partial charge in [0.2, 0.25) is 0 Å². The van der Waals surface area contributed by atoms with Gasteiger partial charge in [-0.1, -0.05) is 12.1 Å². The van der Waals surface area contributed by atoms with Crippen LogP contribution in [0.1, 0.15) is 23.6 Å². The van der Waals surface area contributed by atoms with Crippen LogP contribution in [0.5, 0.6) is 5.75 Å². The Hall–Kier alpha value is -0.710. The summed E-state index contributed by atoms with van der Waals surface area (Å²) in [6.45, 7) is 6.84. The second-order valence-electron chi connectivity index (χ2n) is 4.70. The maximum atomic E-state index is 9.72. The van der Waals surface area contributed by atoms with Crippen molar-refractivity contribution in [1.82, 2.24) is 5.32 Å². The summed E-state index contributed by atoms with van der Waals surface area (Å²) in [7, 11) is 0. The van der Waals surface area contributed by atoms with E-state index in [0.29, 0.717) is 5.75 Å². The molecule has 2 unspecified atom stereocenters. The Kier molecular flexibility index (Phi) is 5.99. The molecule has 1 aromatic carbocycles. The number of nitrogens with one attached hydrogen (secondary N) is 1. The monoisotopic (exact) mass is 269 g/mol. The van der Waals surface area contributed by atoms with E-state index in [-0.39, 0.29) is 17.9 Å². The summed E-state index contributed by atoms with van der Waals surface area (Å²) in [5, 5.41) is 22.6. The predicted octanol–water partition coefficient (Wildman–Crippen LogP) is 2.21. The zero-order valence-electron chi connectivity index (χ0n) is 11.5. The number of aryl methyl sites for hydroxylation is 2. The number of aliphatic hydroxyl groups excluding tert-OH is 1. The van der Waals surface area contributed by atoms with Crippen molar-refractivity contribution in [2.24, 2.45) is 0 Å². The Bertz CT molecular complexity index is 368. The molecular formula is C14H23NO2S. The summed E-state index contributed by atoms with van der Waals surface area (Å²) >= 11 is 1.67. The average molecular weight is 269 g/mol. The normalized spacial score (nSPS) is 14.5. The van der Waals surface area contributed by atoms with Crippen molar-refractivity contribution in [3.05, 3.63) is 28.8 Å². The van der Waals surface area contributed by atoms with Gasteiger partial charge >= 0.3 is 0 Å². The summed E-state index contributed by atoms with van der Waals surface area (Å²) in [5.41, 5.74) is 2.97. The van der Waals surface area contributed by atoms with Gasteiger partial charge in [0.05, 0.1) is 6.61 Å². The van der Waals surface area contributed by atoms with Crippen LogP contribution in [-0.2, 0) is 6.54 Å². The van der Waals surface area contributed by atoms with Gasteiger partial charge in [-0.15, -0.1) is 0 Å². The molecule has 0 radical (unpaired) electrons. The highest BCUT2D eigenvalue weighted by atomic mass is 32.2. The molecule has 0 heterocycles. The number of benzene rings is 1. The molecule has 2 atom stereocenters. The van der Waals surface area contributed by atoms with E-state index in [1.165, 1.54) is 0 Å². The minimum Gasteiger partial charge on any atom is -0.507 e. The molecule has 1 aromatic rings. The first kappa shape index (κ1) is 15.3. The van der Waals surface area contributed by atoms with Gasteiger partial charge in [-0.05, 0) is 43.7 Å². The molecule has 18 heavy (non-hydrogen) atoms. The molecule has 0 bridgehead atoms.